The molecule has 0 aliphatic heterocycles. The molecule has 4 heteroatoms. The molecule has 0 unspecified atom stereocenters. The van der Waals surface area contributed by atoms with Gasteiger partial charge in [-0.25, -0.2) is 0 Å². The zero-order valence-electron chi connectivity index (χ0n) is 13.0. The van der Waals surface area contributed by atoms with Gasteiger partial charge < -0.3 is 10.3 Å². The van der Waals surface area contributed by atoms with Crippen molar-refractivity contribution >= 4 is 16.8 Å². The predicted octanol–water partition coefficient (Wildman–Crippen LogP) is 3.75. The van der Waals surface area contributed by atoms with Crippen LogP contribution < -0.4 is 5.32 Å². The maximum atomic E-state index is 12.7. The average Bonchev–Trinajstić information content (AvgIpc) is 3.28. The van der Waals surface area contributed by atoms with Gasteiger partial charge in [0.25, 0.3) is 5.91 Å². The molecular weight excluding hydrogens is 286 g/mol. The summed E-state index contributed by atoms with van der Waals surface area (Å²) in [6, 6.07) is 13.7. The van der Waals surface area contributed by atoms with E-state index in [-0.39, 0.29) is 11.9 Å². The van der Waals surface area contributed by atoms with Crippen molar-refractivity contribution in [2.24, 2.45) is 5.92 Å². The monoisotopic (exact) mass is 305 g/mol. The lowest BCUT2D eigenvalue weighted by atomic mass is 10.1. The van der Waals surface area contributed by atoms with Gasteiger partial charge in [0.1, 0.15) is 0 Å². The zero-order valence-corrected chi connectivity index (χ0v) is 13.0. The lowest BCUT2D eigenvalue weighted by Crippen LogP contribution is -2.30. The molecule has 4 rings (SSSR count). The lowest BCUT2D eigenvalue weighted by Gasteiger charge is -2.18. The van der Waals surface area contributed by atoms with Crippen LogP contribution in [0.4, 0.5) is 0 Å². The molecule has 1 amide bonds. The molecule has 3 aromatic rings. The van der Waals surface area contributed by atoms with Gasteiger partial charge in [0.15, 0.2) is 0 Å². The highest BCUT2D eigenvalue weighted by Gasteiger charge is 2.34. The van der Waals surface area contributed by atoms with E-state index in [0.717, 1.165) is 35.1 Å². The number of fused-ring (bicyclic) bond motifs is 1. The van der Waals surface area contributed by atoms with Crippen molar-refractivity contribution < 1.29 is 4.79 Å². The second-order valence-electron chi connectivity index (χ2n) is 6.27. The van der Waals surface area contributed by atoms with E-state index in [2.05, 4.69) is 15.3 Å². The fourth-order valence-corrected chi connectivity index (χ4v) is 3.02. The standard InChI is InChI=1S/C19H19N3O/c1-12-3-2-4-17(21-12)18(13-5-6-13)22-19(23)15-7-8-16-14(11-15)9-10-20-16/h2-4,7-11,13,18,20H,5-6H2,1H3,(H,22,23)/t18-/m1/s1. The van der Waals surface area contributed by atoms with E-state index < -0.39 is 0 Å². The van der Waals surface area contributed by atoms with Gasteiger partial charge in [-0.3, -0.25) is 9.78 Å². The number of aromatic nitrogens is 2. The summed E-state index contributed by atoms with van der Waals surface area (Å²) in [6.45, 7) is 1.98. The van der Waals surface area contributed by atoms with Gasteiger partial charge in [0.2, 0.25) is 0 Å². The Balaban J connectivity index is 1.60. The second-order valence-corrected chi connectivity index (χ2v) is 6.27. The summed E-state index contributed by atoms with van der Waals surface area (Å²) in [7, 11) is 0. The number of aryl methyl sites for hydroxylation is 1. The summed E-state index contributed by atoms with van der Waals surface area (Å²) in [5.74, 6) is 0.470. The van der Waals surface area contributed by atoms with Crippen LogP contribution in [0.15, 0.2) is 48.7 Å². The predicted molar refractivity (Wildman–Crippen MR) is 90.2 cm³/mol. The Morgan fingerprint density at radius 2 is 2.13 bits per heavy atom. The Morgan fingerprint density at radius 3 is 2.91 bits per heavy atom. The first-order valence-electron chi connectivity index (χ1n) is 8.02. The summed E-state index contributed by atoms with van der Waals surface area (Å²) in [5, 5.41) is 4.23. The van der Waals surface area contributed by atoms with Crippen LogP contribution >= 0.6 is 0 Å². The first-order valence-corrected chi connectivity index (χ1v) is 8.02. The van der Waals surface area contributed by atoms with Crippen LogP contribution in [0.25, 0.3) is 10.9 Å². The number of hydrogen-bond donors (Lipinski definition) is 2. The van der Waals surface area contributed by atoms with Crippen LogP contribution in [0.1, 0.15) is 40.6 Å². The number of pyridine rings is 1. The molecular formula is C19H19N3O. The van der Waals surface area contributed by atoms with E-state index in [1.807, 2.05) is 55.6 Å². The van der Waals surface area contributed by atoms with Crippen LogP contribution in [-0.4, -0.2) is 15.9 Å². The molecule has 0 saturated heterocycles. The Kier molecular flexibility index (Phi) is 3.37. The summed E-state index contributed by atoms with van der Waals surface area (Å²) in [5.41, 5.74) is 3.68. The number of carbonyl (C=O) groups is 1. The lowest BCUT2D eigenvalue weighted by molar-refractivity contribution is 0.0931. The maximum absolute atomic E-state index is 12.7. The van der Waals surface area contributed by atoms with E-state index >= 15 is 0 Å². The highest BCUT2D eigenvalue weighted by molar-refractivity contribution is 5.98. The number of nitrogens with zero attached hydrogens (tertiary/aromatic N) is 1. The molecule has 1 aromatic carbocycles. The molecule has 116 valence electrons. The summed E-state index contributed by atoms with van der Waals surface area (Å²) in [4.78, 5) is 20.4. The Hall–Kier alpha value is -2.62. The summed E-state index contributed by atoms with van der Waals surface area (Å²) >= 11 is 0. The fourth-order valence-electron chi connectivity index (χ4n) is 3.02. The van der Waals surface area contributed by atoms with Crippen LogP contribution in [0.3, 0.4) is 0 Å². The molecule has 2 heterocycles. The van der Waals surface area contributed by atoms with E-state index in [1.165, 1.54) is 0 Å². The normalized spacial score (nSPS) is 15.5. The number of rotatable bonds is 4. The SMILES string of the molecule is Cc1cccc([C@H](NC(=O)c2ccc3[nH]ccc3c2)C2CC2)n1. The quantitative estimate of drug-likeness (QED) is 0.771. The van der Waals surface area contributed by atoms with E-state index in [4.69, 9.17) is 0 Å². The van der Waals surface area contributed by atoms with Gasteiger partial charge in [-0.15, -0.1) is 0 Å². The zero-order chi connectivity index (χ0) is 15.8. The number of amides is 1. The van der Waals surface area contributed by atoms with Crippen molar-refractivity contribution in [2.75, 3.05) is 0 Å². The molecule has 1 fully saturated rings. The van der Waals surface area contributed by atoms with Crippen LogP contribution in [-0.2, 0) is 0 Å². The molecule has 1 aliphatic carbocycles. The number of nitrogens with one attached hydrogen (secondary N) is 2. The molecule has 0 radical (unpaired) electrons. The number of aromatic amines is 1. The summed E-state index contributed by atoms with van der Waals surface area (Å²) in [6.07, 6.45) is 4.19. The third-order valence-electron chi connectivity index (χ3n) is 4.42. The smallest absolute Gasteiger partial charge is 0.251 e. The third-order valence-corrected chi connectivity index (χ3v) is 4.42. The molecule has 2 aromatic heterocycles. The number of H-pyrrole nitrogens is 1. The number of carbonyl (C=O) groups excluding carboxylic acids is 1. The summed E-state index contributed by atoms with van der Waals surface area (Å²) < 4.78 is 0. The fraction of sp³-hybridized carbons (Fsp3) is 0.263. The highest BCUT2D eigenvalue weighted by atomic mass is 16.1. The van der Waals surface area contributed by atoms with Crippen molar-refractivity contribution in [3.8, 4) is 0 Å². The van der Waals surface area contributed by atoms with E-state index in [0.29, 0.717) is 11.5 Å². The molecule has 0 bridgehead atoms. The van der Waals surface area contributed by atoms with Crippen molar-refractivity contribution in [1.29, 1.82) is 0 Å². The van der Waals surface area contributed by atoms with Crippen molar-refractivity contribution in [3.05, 3.63) is 65.6 Å². The topological polar surface area (TPSA) is 57.8 Å². The van der Waals surface area contributed by atoms with Crippen molar-refractivity contribution in [2.45, 2.75) is 25.8 Å². The molecule has 23 heavy (non-hydrogen) atoms. The molecule has 4 nitrogen and oxygen atoms in total. The van der Waals surface area contributed by atoms with Crippen LogP contribution in [0, 0.1) is 12.8 Å². The van der Waals surface area contributed by atoms with Crippen molar-refractivity contribution in [3.63, 3.8) is 0 Å². The van der Waals surface area contributed by atoms with Gasteiger partial charge in [-0.1, -0.05) is 6.07 Å². The van der Waals surface area contributed by atoms with Gasteiger partial charge >= 0.3 is 0 Å². The van der Waals surface area contributed by atoms with Gasteiger partial charge in [-0.05, 0) is 62.1 Å². The first kappa shape index (κ1) is 14.0. The maximum Gasteiger partial charge on any atom is 0.251 e. The third kappa shape index (κ3) is 2.84. The highest BCUT2D eigenvalue weighted by Crippen LogP contribution is 2.40. The largest absolute Gasteiger partial charge is 0.361 e. The molecule has 1 saturated carbocycles. The van der Waals surface area contributed by atoms with Crippen LogP contribution in [0.5, 0.6) is 0 Å². The molecule has 2 N–H and O–H groups in total. The Bertz CT molecular complexity index is 864. The van der Waals surface area contributed by atoms with Gasteiger partial charge in [0.05, 0.1) is 11.7 Å². The van der Waals surface area contributed by atoms with Crippen LogP contribution in [0.2, 0.25) is 0 Å². The molecule has 0 spiro atoms. The minimum absolute atomic E-state index is 0.00400. The molecule has 1 atom stereocenters. The number of benzene rings is 1. The Morgan fingerprint density at radius 1 is 1.26 bits per heavy atom. The average molecular weight is 305 g/mol. The van der Waals surface area contributed by atoms with Gasteiger partial charge in [0, 0.05) is 28.4 Å². The van der Waals surface area contributed by atoms with E-state index in [9.17, 15) is 4.79 Å². The van der Waals surface area contributed by atoms with E-state index in [1.54, 1.807) is 0 Å². The number of hydrogen-bond acceptors (Lipinski definition) is 2. The Labute approximate surface area is 134 Å². The minimum atomic E-state index is -0.0340. The first-order chi connectivity index (χ1) is 11.2. The second kappa shape index (κ2) is 5.54. The minimum Gasteiger partial charge on any atom is -0.361 e. The molecule has 1 aliphatic rings. The van der Waals surface area contributed by atoms with Gasteiger partial charge in [-0.2, -0.15) is 0 Å². The van der Waals surface area contributed by atoms with Crippen molar-refractivity contribution in [1.82, 2.24) is 15.3 Å².